The number of hydrogen-bond donors (Lipinski definition) is 1. The molecule has 1 N–H and O–H groups in total. The molecule has 3 aromatic carbocycles. The molecule has 0 radical (unpaired) electrons. The van der Waals surface area contributed by atoms with Gasteiger partial charge in [-0.15, -0.1) is 5.11 Å². The molecule has 30 heavy (non-hydrogen) atoms. The van der Waals surface area contributed by atoms with Crippen molar-refractivity contribution >= 4 is 32.9 Å². The maximum absolute atomic E-state index is 11.2. The van der Waals surface area contributed by atoms with Crippen LogP contribution in [0.4, 0.5) is 22.7 Å². The third kappa shape index (κ3) is 5.46. The summed E-state index contributed by atoms with van der Waals surface area (Å²) < 4.78 is 42.0. The monoisotopic (exact) mass is 426 g/mol. The number of hydrogen-bond acceptors (Lipinski definition) is 8. The Morgan fingerprint density at radius 3 is 2.00 bits per heavy atom. The van der Waals surface area contributed by atoms with Gasteiger partial charge in [0.25, 0.3) is 10.1 Å². The van der Waals surface area contributed by atoms with Gasteiger partial charge in [-0.05, 0) is 54.6 Å². The van der Waals surface area contributed by atoms with Crippen molar-refractivity contribution in [1.82, 2.24) is 0 Å². The lowest BCUT2D eigenvalue weighted by atomic mass is 10.2. The van der Waals surface area contributed by atoms with Gasteiger partial charge in [0, 0.05) is 6.07 Å². The second-order valence-electron chi connectivity index (χ2n) is 5.93. The Hall–Kier alpha value is -3.63. The lowest BCUT2D eigenvalue weighted by molar-refractivity contribution is 0.414. The fourth-order valence-electron chi connectivity index (χ4n) is 2.39. The smallest absolute Gasteiger partial charge is 0.294 e. The fraction of sp³-hybridized carbons (Fsp3) is 0.100. The van der Waals surface area contributed by atoms with Crippen LogP contribution in [0.25, 0.3) is 0 Å². The molecule has 0 aliphatic rings. The van der Waals surface area contributed by atoms with Crippen molar-refractivity contribution < 1.29 is 22.4 Å². The van der Waals surface area contributed by atoms with Crippen LogP contribution in [-0.4, -0.2) is 27.2 Å². The fourth-order valence-corrected chi connectivity index (χ4v) is 2.91. The Bertz CT molecular complexity index is 1190. The summed E-state index contributed by atoms with van der Waals surface area (Å²) in [5.74, 6) is 1.17. The van der Waals surface area contributed by atoms with E-state index in [4.69, 9.17) is 14.0 Å². The van der Waals surface area contributed by atoms with Gasteiger partial charge < -0.3 is 9.47 Å². The Morgan fingerprint density at radius 2 is 1.37 bits per heavy atom. The minimum Gasteiger partial charge on any atom is -0.497 e. The summed E-state index contributed by atoms with van der Waals surface area (Å²) in [5, 5.41) is 16.4. The molecule has 0 atom stereocenters. The highest BCUT2D eigenvalue weighted by Crippen LogP contribution is 2.34. The summed E-state index contributed by atoms with van der Waals surface area (Å²) in [6.45, 7) is 0. The summed E-state index contributed by atoms with van der Waals surface area (Å²) in [4.78, 5) is -0.258. The summed E-state index contributed by atoms with van der Waals surface area (Å²) in [7, 11) is -1.22. The number of azo groups is 2. The zero-order chi connectivity index (χ0) is 21.6. The minimum absolute atomic E-state index is 0.258. The molecule has 0 unspecified atom stereocenters. The number of benzene rings is 3. The van der Waals surface area contributed by atoms with Gasteiger partial charge in [0.2, 0.25) is 0 Å². The standard InChI is InChI=1S/C20H18N4O5S/c1-28-17-9-6-14(7-10-17)21-24-19-11-8-16(13-20(19)29-2)23-22-15-4-3-5-18(12-15)30(25,26)27/h3-13H,1-2H3,(H,25,26,27). The van der Waals surface area contributed by atoms with E-state index < -0.39 is 10.1 Å². The SMILES string of the molecule is COc1ccc(N=Nc2ccc(N=Nc3cccc(S(=O)(=O)O)c3)cc2OC)cc1. The molecule has 154 valence electrons. The number of nitrogens with zero attached hydrogens (tertiary/aromatic N) is 4. The van der Waals surface area contributed by atoms with E-state index in [9.17, 15) is 8.42 Å². The average Bonchev–Trinajstić information content (AvgIpc) is 2.76. The molecule has 0 bridgehead atoms. The molecule has 10 heteroatoms. The Kier molecular flexibility index (Phi) is 6.50. The van der Waals surface area contributed by atoms with Crippen molar-refractivity contribution in [3.8, 4) is 11.5 Å². The van der Waals surface area contributed by atoms with Gasteiger partial charge in [0.1, 0.15) is 17.2 Å². The molecular formula is C20H18N4O5S. The van der Waals surface area contributed by atoms with Crippen LogP contribution in [0.3, 0.4) is 0 Å². The zero-order valence-corrected chi connectivity index (χ0v) is 16.9. The van der Waals surface area contributed by atoms with Crippen molar-refractivity contribution in [1.29, 1.82) is 0 Å². The Morgan fingerprint density at radius 1 is 0.733 bits per heavy atom. The third-order valence-corrected chi connectivity index (χ3v) is 4.76. The van der Waals surface area contributed by atoms with Crippen molar-refractivity contribution in [2.24, 2.45) is 20.5 Å². The maximum Gasteiger partial charge on any atom is 0.294 e. The van der Waals surface area contributed by atoms with Gasteiger partial charge in [-0.25, -0.2) is 0 Å². The minimum atomic E-state index is -4.31. The van der Waals surface area contributed by atoms with Gasteiger partial charge in [-0.2, -0.15) is 23.8 Å². The lowest BCUT2D eigenvalue weighted by Gasteiger charge is -2.04. The van der Waals surface area contributed by atoms with E-state index in [1.165, 1.54) is 25.3 Å². The van der Waals surface area contributed by atoms with Crippen LogP contribution in [0.2, 0.25) is 0 Å². The first-order chi connectivity index (χ1) is 14.4. The third-order valence-electron chi connectivity index (χ3n) is 3.91. The molecule has 0 amide bonds. The van der Waals surface area contributed by atoms with Crippen LogP contribution < -0.4 is 9.47 Å². The predicted molar refractivity (Wildman–Crippen MR) is 111 cm³/mol. The van der Waals surface area contributed by atoms with Crippen LogP contribution in [0, 0.1) is 0 Å². The molecule has 0 aromatic heterocycles. The topological polar surface area (TPSA) is 122 Å². The summed E-state index contributed by atoms with van der Waals surface area (Å²) in [6.07, 6.45) is 0. The van der Waals surface area contributed by atoms with Crippen molar-refractivity contribution in [3.05, 3.63) is 66.7 Å². The van der Waals surface area contributed by atoms with E-state index in [1.54, 1.807) is 55.6 Å². The van der Waals surface area contributed by atoms with Crippen LogP contribution >= 0.6 is 0 Å². The van der Waals surface area contributed by atoms with Gasteiger partial charge in [-0.1, -0.05) is 6.07 Å². The molecule has 0 saturated carbocycles. The number of ether oxygens (including phenoxy) is 2. The number of rotatable bonds is 7. The molecule has 0 aliphatic carbocycles. The highest BCUT2D eigenvalue weighted by atomic mass is 32.2. The Balaban J connectivity index is 1.80. The van der Waals surface area contributed by atoms with E-state index in [2.05, 4.69) is 20.5 Å². The number of methoxy groups -OCH3 is 2. The van der Waals surface area contributed by atoms with Crippen LogP contribution in [0.1, 0.15) is 0 Å². The van der Waals surface area contributed by atoms with Gasteiger partial charge in [0.15, 0.2) is 0 Å². The van der Waals surface area contributed by atoms with Crippen LogP contribution in [0.5, 0.6) is 11.5 Å². The molecule has 0 saturated heterocycles. The van der Waals surface area contributed by atoms with E-state index in [0.29, 0.717) is 22.8 Å². The highest BCUT2D eigenvalue weighted by molar-refractivity contribution is 7.85. The normalized spacial score (nSPS) is 11.8. The molecule has 0 heterocycles. The van der Waals surface area contributed by atoms with E-state index >= 15 is 0 Å². The van der Waals surface area contributed by atoms with Gasteiger partial charge in [-0.3, -0.25) is 4.55 Å². The lowest BCUT2D eigenvalue weighted by Crippen LogP contribution is -1.96. The first-order valence-corrected chi connectivity index (χ1v) is 10.1. The molecule has 3 rings (SSSR count). The van der Waals surface area contributed by atoms with Crippen LogP contribution in [-0.2, 0) is 10.1 Å². The zero-order valence-electron chi connectivity index (χ0n) is 16.1. The van der Waals surface area contributed by atoms with Crippen LogP contribution in [0.15, 0.2) is 92.1 Å². The van der Waals surface area contributed by atoms with Gasteiger partial charge >= 0.3 is 0 Å². The molecule has 3 aromatic rings. The quantitative estimate of drug-likeness (QED) is 0.379. The first-order valence-electron chi connectivity index (χ1n) is 8.62. The van der Waals surface area contributed by atoms with E-state index in [1.807, 2.05) is 0 Å². The predicted octanol–water partition coefficient (Wildman–Crippen LogP) is 5.78. The molecule has 0 fully saturated rings. The second-order valence-corrected chi connectivity index (χ2v) is 7.35. The molecule has 0 aliphatic heterocycles. The summed E-state index contributed by atoms with van der Waals surface area (Å²) in [6, 6.07) is 17.6. The first kappa shape index (κ1) is 21.1. The van der Waals surface area contributed by atoms with Crippen molar-refractivity contribution in [2.45, 2.75) is 4.90 Å². The van der Waals surface area contributed by atoms with E-state index in [-0.39, 0.29) is 10.6 Å². The molecular weight excluding hydrogens is 408 g/mol. The van der Waals surface area contributed by atoms with Crippen molar-refractivity contribution in [3.63, 3.8) is 0 Å². The highest BCUT2D eigenvalue weighted by Gasteiger charge is 2.09. The molecule has 9 nitrogen and oxygen atoms in total. The van der Waals surface area contributed by atoms with Gasteiger partial charge in [0.05, 0.1) is 36.2 Å². The van der Waals surface area contributed by atoms with Crippen molar-refractivity contribution in [2.75, 3.05) is 14.2 Å². The largest absolute Gasteiger partial charge is 0.497 e. The Labute approximate surface area is 173 Å². The maximum atomic E-state index is 11.2. The van der Waals surface area contributed by atoms with E-state index in [0.717, 1.165) is 5.75 Å². The summed E-state index contributed by atoms with van der Waals surface area (Å²) >= 11 is 0. The second kappa shape index (κ2) is 9.25. The summed E-state index contributed by atoms with van der Waals surface area (Å²) in [5.41, 5.74) is 1.89. The molecule has 0 spiro atoms. The average molecular weight is 426 g/mol.